The lowest BCUT2D eigenvalue weighted by atomic mass is 10.1. The summed E-state index contributed by atoms with van der Waals surface area (Å²) in [5.74, 6) is 0. The van der Waals surface area contributed by atoms with Gasteiger partial charge in [-0.05, 0) is 48.7 Å². The third-order valence-electron chi connectivity index (χ3n) is 4.06. The van der Waals surface area contributed by atoms with Crippen LogP contribution < -0.4 is 0 Å². The first-order valence-electron chi connectivity index (χ1n) is 7.26. The highest BCUT2D eigenvalue weighted by atomic mass is 15.1. The molecule has 2 heterocycles. The molecule has 3 nitrogen and oxygen atoms in total. The van der Waals surface area contributed by atoms with E-state index < -0.39 is 0 Å². The smallest absolute Gasteiger partial charge is 0.0480 e. The van der Waals surface area contributed by atoms with E-state index in [2.05, 4.69) is 71.9 Å². The number of aromatic nitrogens is 2. The summed E-state index contributed by atoms with van der Waals surface area (Å²) in [6, 6.07) is 12.9. The molecule has 0 N–H and O–H groups in total. The topological polar surface area (TPSA) is 21.1 Å². The van der Waals surface area contributed by atoms with Crippen molar-refractivity contribution in [2.45, 2.75) is 20.0 Å². The molecule has 2 aromatic heterocycles. The van der Waals surface area contributed by atoms with Crippen LogP contribution in [0.2, 0.25) is 0 Å². The highest BCUT2D eigenvalue weighted by Crippen LogP contribution is 2.20. The number of para-hydroxylation sites is 1. The molecule has 108 valence electrons. The molecule has 0 saturated carbocycles. The molecule has 3 aromatic rings. The van der Waals surface area contributed by atoms with Crippen molar-refractivity contribution in [1.82, 2.24) is 14.5 Å². The molecule has 0 spiro atoms. The minimum atomic E-state index is 0.937. The first kappa shape index (κ1) is 13.8. The van der Waals surface area contributed by atoms with Crippen LogP contribution in [-0.4, -0.2) is 21.5 Å². The molecule has 21 heavy (non-hydrogen) atoms. The van der Waals surface area contributed by atoms with Crippen molar-refractivity contribution in [3.8, 4) is 0 Å². The van der Waals surface area contributed by atoms with Gasteiger partial charge in [0.1, 0.15) is 0 Å². The largest absolute Gasteiger partial charge is 0.346 e. The van der Waals surface area contributed by atoms with Gasteiger partial charge in [-0.25, -0.2) is 0 Å². The standard InChI is InChI=1S/C18H21N3/c1-14-11-19-9-8-16(14)12-20(2)13-17-10-15-6-4-5-7-18(15)21(17)3/h4-11H,12-13H2,1-3H3. The van der Waals surface area contributed by atoms with Gasteiger partial charge in [0.25, 0.3) is 0 Å². The van der Waals surface area contributed by atoms with Crippen LogP contribution in [0.5, 0.6) is 0 Å². The first-order valence-corrected chi connectivity index (χ1v) is 7.26. The summed E-state index contributed by atoms with van der Waals surface area (Å²) in [7, 11) is 4.31. The number of rotatable bonds is 4. The van der Waals surface area contributed by atoms with E-state index in [9.17, 15) is 0 Å². The molecule has 0 aliphatic carbocycles. The number of hydrogen-bond donors (Lipinski definition) is 0. The average molecular weight is 279 g/mol. The van der Waals surface area contributed by atoms with Gasteiger partial charge in [0.2, 0.25) is 0 Å². The zero-order chi connectivity index (χ0) is 14.8. The van der Waals surface area contributed by atoms with Gasteiger partial charge in [-0.2, -0.15) is 0 Å². The molecule has 0 aliphatic heterocycles. The zero-order valence-electron chi connectivity index (χ0n) is 12.9. The molecule has 3 rings (SSSR count). The van der Waals surface area contributed by atoms with Crippen molar-refractivity contribution >= 4 is 10.9 Å². The van der Waals surface area contributed by atoms with E-state index in [0.29, 0.717) is 0 Å². The fourth-order valence-corrected chi connectivity index (χ4v) is 2.80. The summed E-state index contributed by atoms with van der Waals surface area (Å²) in [5.41, 5.74) is 5.22. The van der Waals surface area contributed by atoms with Crippen LogP contribution in [0.15, 0.2) is 48.8 Å². The van der Waals surface area contributed by atoms with Gasteiger partial charge in [-0.15, -0.1) is 0 Å². The second kappa shape index (κ2) is 5.70. The average Bonchev–Trinajstić information content (AvgIpc) is 2.78. The summed E-state index contributed by atoms with van der Waals surface area (Å²) in [4.78, 5) is 6.50. The number of nitrogens with zero attached hydrogens (tertiary/aromatic N) is 3. The Kier molecular flexibility index (Phi) is 3.76. The summed E-state index contributed by atoms with van der Waals surface area (Å²) in [5, 5.41) is 1.31. The number of fused-ring (bicyclic) bond motifs is 1. The second-order valence-electron chi connectivity index (χ2n) is 5.73. The molecule has 0 fully saturated rings. The van der Waals surface area contributed by atoms with Crippen LogP contribution in [0, 0.1) is 6.92 Å². The van der Waals surface area contributed by atoms with E-state index in [-0.39, 0.29) is 0 Å². The monoisotopic (exact) mass is 279 g/mol. The quantitative estimate of drug-likeness (QED) is 0.728. The Morgan fingerprint density at radius 1 is 1.14 bits per heavy atom. The van der Waals surface area contributed by atoms with E-state index >= 15 is 0 Å². The molecule has 1 aromatic carbocycles. The van der Waals surface area contributed by atoms with Gasteiger partial charge in [0, 0.05) is 43.7 Å². The van der Waals surface area contributed by atoms with E-state index in [4.69, 9.17) is 0 Å². The highest BCUT2D eigenvalue weighted by molar-refractivity contribution is 5.81. The maximum absolute atomic E-state index is 4.16. The van der Waals surface area contributed by atoms with Crippen molar-refractivity contribution < 1.29 is 0 Å². The molecular weight excluding hydrogens is 258 g/mol. The number of benzene rings is 1. The Bertz CT molecular complexity index is 758. The van der Waals surface area contributed by atoms with Gasteiger partial charge < -0.3 is 4.57 Å². The molecule has 0 radical (unpaired) electrons. The fourth-order valence-electron chi connectivity index (χ4n) is 2.80. The third-order valence-corrected chi connectivity index (χ3v) is 4.06. The van der Waals surface area contributed by atoms with Crippen LogP contribution in [0.3, 0.4) is 0 Å². The normalized spacial score (nSPS) is 11.4. The van der Waals surface area contributed by atoms with Crippen molar-refractivity contribution in [2.24, 2.45) is 7.05 Å². The minimum Gasteiger partial charge on any atom is -0.346 e. The number of aryl methyl sites for hydroxylation is 2. The molecule has 0 amide bonds. The third kappa shape index (κ3) is 2.83. The molecule has 3 heteroatoms. The number of hydrogen-bond acceptors (Lipinski definition) is 2. The molecule has 0 aliphatic rings. The van der Waals surface area contributed by atoms with E-state index in [1.54, 1.807) is 0 Å². The maximum Gasteiger partial charge on any atom is 0.0480 e. The lowest BCUT2D eigenvalue weighted by Crippen LogP contribution is -2.19. The maximum atomic E-state index is 4.16. The zero-order valence-corrected chi connectivity index (χ0v) is 12.9. The first-order chi connectivity index (χ1) is 10.1. The van der Waals surface area contributed by atoms with Crippen LogP contribution >= 0.6 is 0 Å². The predicted molar refractivity (Wildman–Crippen MR) is 87.1 cm³/mol. The lowest BCUT2D eigenvalue weighted by molar-refractivity contribution is 0.311. The Labute approximate surface area is 125 Å². The molecule has 0 unspecified atom stereocenters. The van der Waals surface area contributed by atoms with E-state index in [1.165, 1.54) is 27.7 Å². The van der Waals surface area contributed by atoms with Gasteiger partial charge in [0.15, 0.2) is 0 Å². The highest BCUT2D eigenvalue weighted by Gasteiger charge is 2.09. The van der Waals surface area contributed by atoms with Gasteiger partial charge in [-0.1, -0.05) is 18.2 Å². The van der Waals surface area contributed by atoms with Crippen molar-refractivity contribution in [3.63, 3.8) is 0 Å². The Morgan fingerprint density at radius 3 is 2.71 bits per heavy atom. The van der Waals surface area contributed by atoms with Gasteiger partial charge in [-0.3, -0.25) is 9.88 Å². The predicted octanol–water partition coefficient (Wildman–Crippen LogP) is 3.51. The SMILES string of the molecule is Cc1cnccc1CN(C)Cc1cc2ccccc2n1C. The summed E-state index contributed by atoms with van der Waals surface area (Å²) < 4.78 is 2.28. The molecule has 0 bridgehead atoms. The van der Waals surface area contributed by atoms with Crippen LogP contribution in [0.1, 0.15) is 16.8 Å². The second-order valence-corrected chi connectivity index (χ2v) is 5.73. The minimum absolute atomic E-state index is 0.937. The van der Waals surface area contributed by atoms with Crippen LogP contribution in [-0.2, 0) is 20.1 Å². The van der Waals surface area contributed by atoms with E-state index in [0.717, 1.165) is 13.1 Å². The summed E-state index contributed by atoms with van der Waals surface area (Å²) >= 11 is 0. The Hall–Kier alpha value is -2.13. The Balaban J connectivity index is 1.79. The fraction of sp³-hybridized carbons (Fsp3) is 0.278. The van der Waals surface area contributed by atoms with Crippen molar-refractivity contribution in [1.29, 1.82) is 0 Å². The molecule has 0 saturated heterocycles. The van der Waals surface area contributed by atoms with Crippen molar-refractivity contribution in [3.05, 3.63) is 65.6 Å². The lowest BCUT2D eigenvalue weighted by Gasteiger charge is -2.18. The van der Waals surface area contributed by atoms with Crippen molar-refractivity contribution in [2.75, 3.05) is 7.05 Å². The molecule has 0 atom stereocenters. The molecular formula is C18H21N3. The summed E-state index contributed by atoms with van der Waals surface area (Å²) in [6.45, 7) is 4.00. The summed E-state index contributed by atoms with van der Waals surface area (Å²) in [6.07, 6.45) is 3.80. The Morgan fingerprint density at radius 2 is 1.95 bits per heavy atom. The van der Waals surface area contributed by atoms with Crippen LogP contribution in [0.25, 0.3) is 10.9 Å². The van der Waals surface area contributed by atoms with Gasteiger partial charge >= 0.3 is 0 Å². The van der Waals surface area contributed by atoms with Gasteiger partial charge in [0.05, 0.1) is 0 Å². The van der Waals surface area contributed by atoms with E-state index in [1.807, 2.05) is 12.4 Å². The van der Waals surface area contributed by atoms with Crippen LogP contribution in [0.4, 0.5) is 0 Å². The number of pyridine rings is 1.